The quantitative estimate of drug-likeness (QED) is 0.654. The lowest BCUT2D eigenvalue weighted by molar-refractivity contribution is -0.152. The van der Waals surface area contributed by atoms with Crippen LogP contribution in [0.5, 0.6) is 0 Å². The first-order valence-corrected chi connectivity index (χ1v) is 4.94. The molecule has 1 atom stereocenters. The lowest BCUT2D eigenvalue weighted by atomic mass is 9.77. The summed E-state index contributed by atoms with van der Waals surface area (Å²) in [6.45, 7) is 0. The predicted octanol–water partition coefficient (Wildman–Crippen LogP) is 1.30. The Labute approximate surface area is 83.2 Å². The van der Waals surface area contributed by atoms with E-state index in [0.717, 1.165) is 25.7 Å². The highest BCUT2D eigenvalue weighted by Crippen LogP contribution is 2.37. The summed E-state index contributed by atoms with van der Waals surface area (Å²) in [5, 5.41) is 27.2. The van der Waals surface area contributed by atoms with Gasteiger partial charge in [-0.2, -0.15) is 5.26 Å². The number of carboxylic acids is 1. The van der Waals surface area contributed by atoms with E-state index in [0.29, 0.717) is 12.8 Å². The van der Waals surface area contributed by atoms with Crippen molar-refractivity contribution in [3.05, 3.63) is 0 Å². The molecule has 1 saturated carbocycles. The summed E-state index contributed by atoms with van der Waals surface area (Å²) in [6, 6.07) is 2.01. The van der Waals surface area contributed by atoms with Gasteiger partial charge in [-0.05, 0) is 12.8 Å². The van der Waals surface area contributed by atoms with E-state index in [1.165, 1.54) is 0 Å². The van der Waals surface area contributed by atoms with E-state index in [4.69, 9.17) is 10.4 Å². The molecule has 14 heavy (non-hydrogen) atoms. The third-order valence-corrected chi connectivity index (χ3v) is 2.98. The Morgan fingerprint density at radius 3 is 2.14 bits per heavy atom. The van der Waals surface area contributed by atoms with Crippen molar-refractivity contribution in [1.29, 1.82) is 5.26 Å². The Kier molecular flexibility index (Phi) is 3.48. The van der Waals surface area contributed by atoms with Gasteiger partial charge in [0.2, 0.25) is 0 Å². The minimum atomic E-state index is -1.54. The molecule has 0 saturated heterocycles. The van der Waals surface area contributed by atoms with Gasteiger partial charge in [0.25, 0.3) is 0 Å². The van der Waals surface area contributed by atoms with E-state index in [1.807, 2.05) is 6.07 Å². The first-order valence-electron chi connectivity index (χ1n) is 4.94. The first-order chi connectivity index (χ1) is 6.62. The number of aliphatic carboxylic acids is 1. The second kappa shape index (κ2) is 4.43. The van der Waals surface area contributed by atoms with E-state index in [1.54, 1.807) is 0 Å². The van der Waals surface area contributed by atoms with E-state index in [-0.39, 0.29) is 0 Å². The van der Waals surface area contributed by atoms with Gasteiger partial charge in [0.05, 0.1) is 11.5 Å². The predicted molar refractivity (Wildman–Crippen MR) is 49.4 cm³/mol. The molecule has 1 aliphatic carbocycles. The minimum Gasteiger partial charge on any atom is -0.479 e. The standard InChI is InChI=1S/C10H15NO3/c11-7-10(8(12)9(13)14)5-3-1-2-4-6-10/h8,12H,1-6H2,(H,13,14). The Balaban J connectivity index is 2.83. The van der Waals surface area contributed by atoms with E-state index < -0.39 is 17.5 Å². The summed E-state index contributed by atoms with van der Waals surface area (Å²) < 4.78 is 0. The topological polar surface area (TPSA) is 81.3 Å². The van der Waals surface area contributed by atoms with Gasteiger partial charge in [-0.3, -0.25) is 0 Å². The van der Waals surface area contributed by atoms with Crippen molar-refractivity contribution in [3.63, 3.8) is 0 Å². The first kappa shape index (κ1) is 11.0. The van der Waals surface area contributed by atoms with Crippen molar-refractivity contribution in [2.75, 3.05) is 0 Å². The van der Waals surface area contributed by atoms with Crippen molar-refractivity contribution in [1.82, 2.24) is 0 Å². The third kappa shape index (κ3) is 2.05. The molecule has 0 bridgehead atoms. The fourth-order valence-electron chi connectivity index (χ4n) is 2.04. The molecule has 0 aromatic heterocycles. The smallest absolute Gasteiger partial charge is 0.334 e. The van der Waals surface area contributed by atoms with Crippen LogP contribution in [0.2, 0.25) is 0 Å². The van der Waals surface area contributed by atoms with E-state index in [2.05, 4.69) is 0 Å². The summed E-state index contributed by atoms with van der Waals surface area (Å²) in [4.78, 5) is 10.7. The van der Waals surface area contributed by atoms with E-state index in [9.17, 15) is 9.90 Å². The molecule has 0 spiro atoms. The zero-order valence-electron chi connectivity index (χ0n) is 8.07. The number of aliphatic hydroxyl groups is 1. The van der Waals surface area contributed by atoms with Crippen molar-refractivity contribution in [2.45, 2.75) is 44.6 Å². The average Bonchev–Trinajstić information content (AvgIpc) is 2.42. The van der Waals surface area contributed by atoms with Crippen LogP contribution in [-0.4, -0.2) is 22.3 Å². The van der Waals surface area contributed by atoms with Crippen LogP contribution in [0, 0.1) is 16.7 Å². The lowest BCUT2D eigenvalue weighted by Gasteiger charge is -2.27. The van der Waals surface area contributed by atoms with Gasteiger partial charge in [-0.1, -0.05) is 25.7 Å². The molecular weight excluding hydrogens is 182 g/mol. The maximum Gasteiger partial charge on any atom is 0.334 e. The normalized spacial score (nSPS) is 23.1. The zero-order chi connectivity index (χ0) is 10.6. The number of nitrogens with zero attached hydrogens (tertiary/aromatic N) is 1. The molecule has 4 heteroatoms. The average molecular weight is 197 g/mol. The van der Waals surface area contributed by atoms with Gasteiger partial charge in [-0.15, -0.1) is 0 Å². The molecule has 1 aliphatic rings. The second-order valence-electron chi connectivity index (χ2n) is 3.92. The number of hydrogen-bond acceptors (Lipinski definition) is 3. The molecule has 0 aliphatic heterocycles. The molecular formula is C10H15NO3. The second-order valence-corrected chi connectivity index (χ2v) is 3.92. The van der Waals surface area contributed by atoms with Crippen molar-refractivity contribution < 1.29 is 15.0 Å². The van der Waals surface area contributed by atoms with Gasteiger partial charge in [0.1, 0.15) is 0 Å². The Morgan fingerprint density at radius 1 is 1.29 bits per heavy atom. The van der Waals surface area contributed by atoms with Gasteiger partial charge in [0.15, 0.2) is 6.10 Å². The molecule has 0 radical (unpaired) electrons. The molecule has 0 aromatic carbocycles. The molecule has 1 rings (SSSR count). The molecule has 0 aromatic rings. The molecule has 78 valence electrons. The number of nitriles is 1. The van der Waals surface area contributed by atoms with Gasteiger partial charge < -0.3 is 10.2 Å². The van der Waals surface area contributed by atoms with E-state index >= 15 is 0 Å². The molecule has 0 amide bonds. The highest BCUT2D eigenvalue weighted by Gasteiger charge is 2.42. The fourth-order valence-corrected chi connectivity index (χ4v) is 2.04. The Hall–Kier alpha value is -1.08. The molecule has 1 fully saturated rings. The summed E-state index contributed by atoms with van der Waals surface area (Å²) >= 11 is 0. The Bertz CT molecular complexity index is 249. The summed E-state index contributed by atoms with van der Waals surface area (Å²) in [5.41, 5.74) is -1.05. The number of carbonyl (C=O) groups is 1. The maximum atomic E-state index is 10.7. The maximum absolute atomic E-state index is 10.7. The molecule has 1 unspecified atom stereocenters. The van der Waals surface area contributed by atoms with Crippen LogP contribution >= 0.6 is 0 Å². The van der Waals surface area contributed by atoms with Crippen LogP contribution in [0.25, 0.3) is 0 Å². The molecule has 0 heterocycles. The summed E-state index contributed by atoms with van der Waals surface area (Å²) in [7, 11) is 0. The van der Waals surface area contributed by atoms with Crippen LogP contribution in [-0.2, 0) is 4.79 Å². The molecule has 4 nitrogen and oxygen atoms in total. The van der Waals surface area contributed by atoms with Crippen molar-refractivity contribution in [2.24, 2.45) is 5.41 Å². The largest absolute Gasteiger partial charge is 0.479 e. The number of carboxylic acid groups (broad SMARTS) is 1. The van der Waals surface area contributed by atoms with Gasteiger partial charge >= 0.3 is 5.97 Å². The van der Waals surface area contributed by atoms with Crippen LogP contribution in [0.3, 0.4) is 0 Å². The zero-order valence-corrected chi connectivity index (χ0v) is 8.07. The lowest BCUT2D eigenvalue weighted by Crippen LogP contribution is -2.39. The number of rotatable bonds is 2. The number of hydrogen-bond donors (Lipinski definition) is 2. The Morgan fingerprint density at radius 2 is 1.79 bits per heavy atom. The minimum absolute atomic E-state index is 0.497. The van der Waals surface area contributed by atoms with Crippen LogP contribution in [0.4, 0.5) is 0 Å². The fraction of sp³-hybridized carbons (Fsp3) is 0.800. The summed E-state index contributed by atoms with van der Waals surface area (Å²) in [6.07, 6.45) is 3.17. The SMILES string of the molecule is N#CC1(C(O)C(=O)O)CCCCCC1. The highest BCUT2D eigenvalue weighted by molar-refractivity contribution is 5.73. The van der Waals surface area contributed by atoms with Crippen molar-refractivity contribution in [3.8, 4) is 6.07 Å². The van der Waals surface area contributed by atoms with Crippen LogP contribution in [0.1, 0.15) is 38.5 Å². The molecule has 2 N–H and O–H groups in total. The number of aliphatic hydroxyl groups excluding tert-OH is 1. The van der Waals surface area contributed by atoms with Gasteiger partial charge in [-0.25, -0.2) is 4.79 Å². The van der Waals surface area contributed by atoms with Crippen LogP contribution in [0.15, 0.2) is 0 Å². The monoisotopic (exact) mass is 197 g/mol. The van der Waals surface area contributed by atoms with Crippen molar-refractivity contribution >= 4 is 5.97 Å². The third-order valence-electron chi connectivity index (χ3n) is 2.98. The highest BCUT2D eigenvalue weighted by atomic mass is 16.4. The van der Waals surface area contributed by atoms with Gasteiger partial charge in [0, 0.05) is 0 Å². The van der Waals surface area contributed by atoms with Crippen LogP contribution < -0.4 is 0 Å². The summed E-state index contributed by atoms with van der Waals surface area (Å²) in [5.74, 6) is -1.28.